The summed E-state index contributed by atoms with van der Waals surface area (Å²) in [4.78, 5) is 12.2. The largest absolute Gasteiger partial charge is 0.418 e. The third kappa shape index (κ3) is 4.86. The molecular formula is C18H13BrF3N3O. The molecule has 0 aliphatic rings. The molecule has 0 unspecified atom stereocenters. The minimum atomic E-state index is -4.62. The Labute approximate surface area is 156 Å². The highest BCUT2D eigenvalue weighted by Crippen LogP contribution is 2.34. The first-order valence-electron chi connectivity index (χ1n) is 7.33. The number of aryl methyl sites for hydroxylation is 1. The number of hydrogen-bond donors (Lipinski definition) is 2. The number of nitrogens with one attached hydrogen (secondary N) is 2. The number of alkyl halides is 3. The van der Waals surface area contributed by atoms with Crippen LogP contribution in [0.5, 0.6) is 0 Å². The van der Waals surface area contributed by atoms with Crippen LogP contribution < -0.4 is 10.6 Å². The van der Waals surface area contributed by atoms with E-state index in [4.69, 9.17) is 5.26 Å². The number of benzene rings is 2. The third-order valence-electron chi connectivity index (χ3n) is 3.34. The third-order valence-corrected chi connectivity index (χ3v) is 4.00. The molecule has 0 saturated heterocycles. The summed E-state index contributed by atoms with van der Waals surface area (Å²) in [6.45, 7) is 1.90. The molecule has 2 aromatic carbocycles. The van der Waals surface area contributed by atoms with Gasteiger partial charge in [0, 0.05) is 10.7 Å². The number of rotatable bonds is 4. The average molecular weight is 424 g/mol. The fourth-order valence-corrected chi connectivity index (χ4v) is 2.67. The Hall–Kier alpha value is -2.79. The molecule has 0 aliphatic carbocycles. The Bertz CT molecular complexity index is 901. The van der Waals surface area contributed by atoms with Gasteiger partial charge in [-0.25, -0.2) is 0 Å². The Morgan fingerprint density at radius 2 is 1.88 bits per heavy atom. The van der Waals surface area contributed by atoms with Gasteiger partial charge >= 0.3 is 6.18 Å². The lowest BCUT2D eigenvalue weighted by atomic mass is 10.1. The van der Waals surface area contributed by atoms with Crippen molar-refractivity contribution in [2.75, 3.05) is 10.6 Å². The molecule has 0 heterocycles. The van der Waals surface area contributed by atoms with Gasteiger partial charge in [0.2, 0.25) is 0 Å². The van der Waals surface area contributed by atoms with Crippen molar-refractivity contribution in [2.45, 2.75) is 13.1 Å². The van der Waals surface area contributed by atoms with Gasteiger partial charge in [0.25, 0.3) is 5.91 Å². The molecule has 26 heavy (non-hydrogen) atoms. The molecule has 0 saturated carbocycles. The molecule has 2 N–H and O–H groups in total. The normalized spacial score (nSPS) is 11.6. The smallest absolute Gasteiger partial charge is 0.359 e. The fraction of sp³-hybridized carbons (Fsp3) is 0.111. The molecule has 2 rings (SSSR count). The highest BCUT2D eigenvalue weighted by Gasteiger charge is 2.33. The summed E-state index contributed by atoms with van der Waals surface area (Å²) in [5.41, 5.74) is -0.155. The molecular weight excluding hydrogens is 411 g/mol. The molecule has 2 aromatic rings. The topological polar surface area (TPSA) is 64.9 Å². The molecule has 0 fully saturated rings. The van der Waals surface area contributed by atoms with E-state index in [9.17, 15) is 18.0 Å². The number of halogens is 4. The molecule has 1 amide bonds. The van der Waals surface area contributed by atoms with Crippen LogP contribution in [0.2, 0.25) is 0 Å². The Balaban J connectivity index is 2.21. The second kappa shape index (κ2) is 8.06. The molecule has 0 atom stereocenters. The molecule has 0 aromatic heterocycles. The first kappa shape index (κ1) is 19.5. The predicted molar refractivity (Wildman–Crippen MR) is 96.3 cm³/mol. The highest BCUT2D eigenvalue weighted by molar-refractivity contribution is 9.10. The zero-order valence-electron chi connectivity index (χ0n) is 13.5. The van der Waals surface area contributed by atoms with Crippen molar-refractivity contribution < 1.29 is 18.0 Å². The summed E-state index contributed by atoms with van der Waals surface area (Å²) >= 11 is 3.34. The van der Waals surface area contributed by atoms with Gasteiger partial charge in [-0.05, 0) is 52.7 Å². The minimum Gasteiger partial charge on any atom is -0.359 e. The summed E-state index contributed by atoms with van der Waals surface area (Å²) in [5.74, 6) is -0.945. The SMILES string of the molecule is Cc1ccc(N/C=C(/C#N)C(=O)Nc2ccccc2C(F)(F)F)c(Br)c1. The van der Waals surface area contributed by atoms with Crippen LogP contribution in [0.4, 0.5) is 24.5 Å². The number of carbonyl (C=O) groups is 1. The van der Waals surface area contributed by atoms with Gasteiger partial charge < -0.3 is 10.6 Å². The predicted octanol–water partition coefficient (Wildman–Crippen LogP) is 5.23. The number of amides is 1. The van der Waals surface area contributed by atoms with Crippen LogP contribution in [0.3, 0.4) is 0 Å². The first-order chi connectivity index (χ1) is 12.2. The van der Waals surface area contributed by atoms with E-state index >= 15 is 0 Å². The summed E-state index contributed by atoms with van der Waals surface area (Å²) in [6.07, 6.45) is -3.48. The van der Waals surface area contributed by atoms with E-state index in [1.165, 1.54) is 12.1 Å². The van der Waals surface area contributed by atoms with Gasteiger partial charge in [-0.15, -0.1) is 0 Å². The highest BCUT2D eigenvalue weighted by atomic mass is 79.9. The van der Waals surface area contributed by atoms with Crippen LogP contribution in [0.25, 0.3) is 0 Å². The standard InChI is InChI=1S/C18H13BrF3N3O/c1-11-6-7-16(14(19)8-11)24-10-12(9-23)17(26)25-15-5-3-2-4-13(15)18(20,21)22/h2-8,10,24H,1H3,(H,25,26)/b12-10-. The lowest BCUT2D eigenvalue weighted by molar-refractivity contribution is -0.137. The van der Waals surface area contributed by atoms with Crippen molar-refractivity contribution >= 4 is 33.2 Å². The number of carbonyl (C=O) groups excluding carboxylic acids is 1. The van der Waals surface area contributed by atoms with Gasteiger partial charge in [0.1, 0.15) is 11.6 Å². The van der Waals surface area contributed by atoms with Crippen LogP contribution >= 0.6 is 15.9 Å². The van der Waals surface area contributed by atoms with Crippen molar-refractivity contribution in [1.82, 2.24) is 0 Å². The first-order valence-corrected chi connectivity index (χ1v) is 8.12. The lowest BCUT2D eigenvalue weighted by Gasteiger charge is -2.13. The molecule has 0 radical (unpaired) electrons. The molecule has 8 heteroatoms. The van der Waals surface area contributed by atoms with E-state index in [0.717, 1.165) is 23.9 Å². The quantitative estimate of drug-likeness (QED) is 0.522. The van der Waals surface area contributed by atoms with Gasteiger partial charge in [0.15, 0.2) is 0 Å². The number of hydrogen-bond acceptors (Lipinski definition) is 3. The molecule has 0 spiro atoms. The van der Waals surface area contributed by atoms with Crippen molar-refractivity contribution in [2.24, 2.45) is 0 Å². The number of nitrogens with zero attached hydrogens (tertiary/aromatic N) is 1. The number of para-hydroxylation sites is 1. The monoisotopic (exact) mass is 423 g/mol. The number of anilines is 2. The van der Waals surface area contributed by atoms with Crippen LogP contribution in [-0.2, 0) is 11.0 Å². The van der Waals surface area contributed by atoms with E-state index < -0.39 is 23.3 Å². The van der Waals surface area contributed by atoms with Crippen molar-refractivity contribution in [3.05, 3.63) is 69.8 Å². The van der Waals surface area contributed by atoms with E-state index in [1.54, 1.807) is 12.1 Å². The van der Waals surface area contributed by atoms with E-state index in [2.05, 4.69) is 26.6 Å². The summed E-state index contributed by atoms with van der Waals surface area (Å²) in [5, 5.41) is 14.1. The maximum absolute atomic E-state index is 13.0. The van der Waals surface area contributed by atoms with Gasteiger partial charge in [0.05, 0.1) is 16.9 Å². The minimum absolute atomic E-state index is 0.366. The lowest BCUT2D eigenvalue weighted by Crippen LogP contribution is -2.18. The second-order valence-corrected chi connectivity index (χ2v) is 6.15. The number of nitriles is 1. The van der Waals surface area contributed by atoms with Gasteiger partial charge in [-0.2, -0.15) is 18.4 Å². The van der Waals surface area contributed by atoms with Gasteiger partial charge in [-0.1, -0.05) is 18.2 Å². The van der Waals surface area contributed by atoms with Crippen molar-refractivity contribution in [3.63, 3.8) is 0 Å². The molecule has 0 aliphatic heterocycles. The summed E-state index contributed by atoms with van der Waals surface area (Å²) < 4.78 is 39.7. The van der Waals surface area contributed by atoms with Crippen LogP contribution in [0.1, 0.15) is 11.1 Å². The average Bonchev–Trinajstić information content (AvgIpc) is 2.56. The zero-order valence-corrected chi connectivity index (χ0v) is 15.1. The van der Waals surface area contributed by atoms with Crippen LogP contribution in [0, 0.1) is 18.3 Å². The van der Waals surface area contributed by atoms with E-state index in [0.29, 0.717) is 10.2 Å². The van der Waals surface area contributed by atoms with Crippen LogP contribution in [0.15, 0.2) is 58.7 Å². The van der Waals surface area contributed by atoms with E-state index in [1.807, 2.05) is 19.1 Å². The molecule has 4 nitrogen and oxygen atoms in total. The second-order valence-electron chi connectivity index (χ2n) is 5.29. The Kier molecular flexibility index (Phi) is 6.05. The maximum atomic E-state index is 13.0. The van der Waals surface area contributed by atoms with Crippen molar-refractivity contribution in [1.29, 1.82) is 5.26 Å². The molecule has 134 valence electrons. The summed E-state index contributed by atoms with van der Waals surface area (Å²) in [6, 6.07) is 11.6. The Morgan fingerprint density at radius 1 is 1.19 bits per heavy atom. The van der Waals surface area contributed by atoms with Crippen LogP contribution in [-0.4, -0.2) is 5.91 Å². The van der Waals surface area contributed by atoms with E-state index in [-0.39, 0.29) is 5.57 Å². The van der Waals surface area contributed by atoms with Crippen molar-refractivity contribution in [3.8, 4) is 6.07 Å². The fourth-order valence-electron chi connectivity index (χ4n) is 2.06. The zero-order chi connectivity index (χ0) is 19.3. The Morgan fingerprint density at radius 3 is 2.50 bits per heavy atom. The molecule has 0 bridgehead atoms. The summed E-state index contributed by atoms with van der Waals surface area (Å²) in [7, 11) is 0. The van der Waals surface area contributed by atoms with Gasteiger partial charge in [-0.3, -0.25) is 4.79 Å². The maximum Gasteiger partial charge on any atom is 0.418 e.